The van der Waals surface area contributed by atoms with E-state index in [1.165, 1.54) is 4.90 Å². The highest BCUT2D eigenvalue weighted by atomic mass is 79.9. The van der Waals surface area contributed by atoms with Crippen molar-refractivity contribution < 1.29 is 14.0 Å². The van der Waals surface area contributed by atoms with Crippen molar-refractivity contribution in [3.63, 3.8) is 0 Å². The molecule has 0 N–H and O–H groups in total. The van der Waals surface area contributed by atoms with Crippen LogP contribution in [-0.2, 0) is 16.1 Å². The third-order valence-electron chi connectivity index (χ3n) is 4.97. The zero-order valence-corrected chi connectivity index (χ0v) is 13.7. The first-order chi connectivity index (χ1) is 9.59. The molecule has 2 aliphatic carbocycles. The number of carbonyl (C=O) groups excluding carboxylic acids is 2. The Morgan fingerprint density at radius 3 is 2.25 bits per heavy atom. The monoisotopic (exact) mass is 401 g/mol. The van der Waals surface area contributed by atoms with Crippen LogP contribution in [-0.4, -0.2) is 26.4 Å². The predicted octanol–water partition coefficient (Wildman–Crippen LogP) is 2.56. The molecule has 106 valence electrons. The van der Waals surface area contributed by atoms with Crippen molar-refractivity contribution in [2.24, 2.45) is 23.7 Å². The molecule has 3 fully saturated rings. The van der Waals surface area contributed by atoms with Gasteiger partial charge in [0.1, 0.15) is 5.76 Å². The molecule has 2 bridgehead atoms. The first-order valence-corrected chi connectivity index (χ1v) is 8.58. The number of hydrogen-bond donors (Lipinski definition) is 0. The van der Waals surface area contributed by atoms with Crippen LogP contribution in [0.2, 0.25) is 0 Å². The Balaban J connectivity index is 1.64. The highest BCUT2D eigenvalue weighted by Crippen LogP contribution is 2.60. The summed E-state index contributed by atoms with van der Waals surface area (Å²) in [6.45, 7) is 0.261. The van der Waals surface area contributed by atoms with E-state index in [2.05, 4.69) is 31.9 Å². The van der Waals surface area contributed by atoms with Gasteiger partial charge in [0.15, 0.2) is 0 Å². The number of fused-ring (bicyclic) bond motifs is 5. The van der Waals surface area contributed by atoms with Crippen LogP contribution in [0.4, 0.5) is 0 Å². The number of likely N-dealkylation sites (tertiary alicyclic amines) is 1. The van der Waals surface area contributed by atoms with Gasteiger partial charge >= 0.3 is 0 Å². The molecule has 0 aromatic carbocycles. The topological polar surface area (TPSA) is 50.5 Å². The van der Waals surface area contributed by atoms with Crippen LogP contribution in [0.5, 0.6) is 0 Å². The molecule has 1 aliphatic heterocycles. The summed E-state index contributed by atoms with van der Waals surface area (Å²) in [5, 5.41) is 0. The van der Waals surface area contributed by atoms with Crippen molar-refractivity contribution in [1.29, 1.82) is 0 Å². The summed E-state index contributed by atoms with van der Waals surface area (Å²) in [6.07, 6.45) is 2.53. The van der Waals surface area contributed by atoms with Crippen LogP contribution in [0.3, 0.4) is 0 Å². The number of halogens is 2. The predicted molar refractivity (Wildman–Crippen MR) is 78.3 cm³/mol. The second-order valence-electron chi connectivity index (χ2n) is 5.85. The Bertz CT molecular complexity index is 541. The van der Waals surface area contributed by atoms with E-state index in [9.17, 15) is 9.59 Å². The molecule has 0 unspecified atom stereocenters. The maximum Gasteiger partial charge on any atom is 0.233 e. The SMILES string of the molecule is O=C1[C@@H]2[C@H]3C[C@@H]([C@H](Br)[C@H]3Br)[C@@H]2C(=O)N1Cc1ccco1. The third kappa shape index (κ3) is 1.58. The van der Waals surface area contributed by atoms with E-state index in [1.807, 2.05) is 0 Å². The molecule has 2 saturated carbocycles. The number of rotatable bonds is 2. The molecular formula is C14H13Br2NO3. The summed E-state index contributed by atoms with van der Waals surface area (Å²) in [5.41, 5.74) is 0. The van der Waals surface area contributed by atoms with Gasteiger partial charge in [-0.1, -0.05) is 31.9 Å². The smallest absolute Gasteiger partial charge is 0.233 e. The van der Waals surface area contributed by atoms with Crippen molar-refractivity contribution in [2.75, 3.05) is 0 Å². The van der Waals surface area contributed by atoms with E-state index >= 15 is 0 Å². The first kappa shape index (κ1) is 13.1. The highest BCUT2D eigenvalue weighted by molar-refractivity contribution is 9.12. The van der Waals surface area contributed by atoms with E-state index in [-0.39, 0.29) is 51.7 Å². The molecule has 2 amide bonds. The van der Waals surface area contributed by atoms with Gasteiger partial charge in [0.05, 0.1) is 24.6 Å². The van der Waals surface area contributed by atoms with Crippen molar-refractivity contribution in [2.45, 2.75) is 22.6 Å². The standard InChI is InChI=1S/C14H13Br2NO3/c15-11-7-4-8(12(11)16)10-9(7)13(18)17(14(10)19)5-6-2-1-3-20-6/h1-3,7-12H,4-5H2/t7-,8-,9-,10+,11+,12+/m1/s1. The maximum atomic E-state index is 12.6. The molecule has 3 aliphatic rings. The van der Waals surface area contributed by atoms with Crippen LogP contribution < -0.4 is 0 Å². The number of hydrogen-bond acceptors (Lipinski definition) is 3. The van der Waals surface area contributed by atoms with E-state index in [0.29, 0.717) is 5.76 Å². The third-order valence-corrected chi connectivity index (χ3v) is 8.18. The average molecular weight is 403 g/mol. The van der Waals surface area contributed by atoms with Crippen LogP contribution >= 0.6 is 31.9 Å². The molecule has 4 nitrogen and oxygen atoms in total. The lowest BCUT2D eigenvalue weighted by Crippen LogP contribution is -2.37. The van der Waals surface area contributed by atoms with E-state index in [4.69, 9.17) is 4.42 Å². The van der Waals surface area contributed by atoms with E-state index in [0.717, 1.165) is 6.42 Å². The van der Waals surface area contributed by atoms with Gasteiger partial charge in [-0.3, -0.25) is 14.5 Å². The lowest BCUT2D eigenvalue weighted by atomic mass is 9.81. The zero-order valence-electron chi connectivity index (χ0n) is 10.5. The molecular weight excluding hydrogens is 390 g/mol. The Hall–Kier alpha value is -0.620. The maximum absolute atomic E-state index is 12.6. The van der Waals surface area contributed by atoms with Gasteiger partial charge in [0.2, 0.25) is 11.8 Å². The number of nitrogens with zero attached hydrogens (tertiary/aromatic N) is 1. The molecule has 4 rings (SSSR count). The fourth-order valence-corrected chi connectivity index (χ4v) is 6.00. The molecule has 0 radical (unpaired) electrons. The summed E-state index contributed by atoms with van der Waals surface area (Å²) >= 11 is 7.36. The van der Waals surface area contributed by atoms with Crippen molar-refractivity contribution in [3.05, 3.63) is 24.2 Å². The van der Waals surface area contributed by atoms with Crippen molar-refractivity contribution in [3.8, 4) is 0 Å². The summed E-state index contributed by atoms with van der Waals surface area (Å²) in [4.78, 5) is 27.1. The number of alkyl halides is 2. The van der Waals surface area contributed by atoms with Gasteiger partial charge < -0.3 is 4.42 Å². The van der Waals surface area contributed by atoms with Gasteiger partial charge in [-0.2, -0.15) is 0 Å². The van der Waals surface area contributed by atoms with E-state index < -0.39 is 0 Å². The molecule has 20 heavy (non-hydrogen) atoms. The van der Waals surface area contributed by atoms with Gasteiger partial charge in [0.25, 0.3) is 0 Å². The fourth-order valence-electron chi connectivity index (χ4n) is 4.12. The van der Waals surface area contributed by atoms with Gasteiger partial charge in [0, 0.05) is 9.65 Å². The summed E-state index contributed by atoms with van der Waals surface area (Å²) in [7, 11) is 0. The zero-order chi connectivity index (χ0) is 14.0. The Kier molecular flexibility index (Phi) is 2.90. The summed E-state index contributed by atoms with van der Waals surface area (Å²) in [5.74, 6) is 0.881. The lowest BCUT2D eigenvalue weighted by molar-refractivity contribution is -0.141. The van der Waals surface area contributed by atoms with Crippen LogP contribution in [0, 0.1) is 23.7 Å². The minimum Gasteiger partial charge on any atom is -0.467 e. The lowest BCUT2D eigenvalue weighted by Gasteiger charge is -2.28. The van der Waals surface area contributed by atoms with Crippen LogP contribution in [0.25, 0.3) is 0 Å². The molecule has 6 atom stereocenters. The highest BCUT2D eigenvalue weighted by Gasteiger charge is 2.66. The van der Waals surface area contributed by atoms with Crippen molar-refractivity contribution in [1.82, 2.24) is 4.90 Å². The summed E-state index contributed by atoms with van der Waals surface area (Å²) in [6, 6.07) is 3.57. The minimum absolute atomic E-state index is 0.0206. The number of imide groups is 1. The molecule has 1 saturated heterocycles. The van der Waals surface area contributed by atoms with Gasteiger partial charge in [-0.25, -0.2) is 0 Å². The second-order valence-corrected chi connectivity index (χ2v) is 7.96. The number of furan rings is 1. The van der Waals surface area contributed by atoms with E-state index in [1.54, 1.807) is 18.4 Å². The van der Waals surface area contributed by atoms with Gasteiger partial charge in [-0.05, 0) is 30.4 Å². The van der Waals surface area contributed by atoms with Crippen LogP contribution in [0.1, 0.15) is 12.2 Å². The molecule has 2 heterocycles. The second kappa shape index (κ2) is 4.44. The fraction of sp³-hybridized carbons (Fsp3) is 0.571. The quantitative estimate of drug-likeness (QED) is 0.564. The molecule has 6 heteroatoms. The number of amides is 2. The van der Waals surface area contributed by atoms with Gasteiger partial charge in [-0.15, -0.1) is 0 Å². The molecule has 1 aromatic rings. The molecule has 1 aromatic heterocycles. The minimum atomic E-state index is -0.138. The average Bonchev–Trinajstić information content (AvgIpc) is 3.15. The normalized spacial score (nSPS) is 42.6. The van der Waals surface area contributed by atoms with Crippen LogP contribution in [0.15, 0.2) is 22.8 Å². The molecule has 0 spiro atoms. The first-order valence-electron chi connectivity index (χ1n) is 6.75. The number of carbonyl (C=O) groups is 2. The Labute approximate surface area is 133 Å². The Morgan fingerprint density at radius 1 is 1.15 bits per heavy atom. The van der Waals surface area contributed by atoms with Crippen molar-refractivity contribution >= 4 is 43.7 Å². The largest absolute Gasteiger partial charge is 0.467 e. The summed E-state index contributed by atoms with van der Waals surface area (Å²) < 4.78 is 5.26. The Morgan fingerprint density at radius 2 is 1.75 bits per heavy atom.